The number of hydrogen-bond donors (Lipinski definition) is 0. The highest BCUT2D eigenvalue weighted by Gasteiger charge is 2.23. The van der Waals surface area contributed by atoms with Gasteiger partial charge in [0.2, 0.25) is 0 Å². The monoisotopic (exact) mass is 539 g/mol. The molecule has 1 aliphatic heterocycles. The third kappa shape index (κ3) is 5.25. The Morgan fingerprint density at radius 3 is 2.68 bits per heavy atom. The zero-order chi connectivity index (χ0) is 26.0. The minimum absolute atomic E-state index is 0.0230. The van der Waals surface area contributed by atoms with E-state index in [-0.39, 0.29) is 21.2 Å². The molecule has 2 aromatic heterocycles. The van der Waals surface area contributed by atoms with E-state index < -0.39 is 21.4 Å². The van der Waals surface area contributed by atoms with Crippen LogP contribution in [0.15, 0.2) is 70.5 Å². The van der Waals surface area contributed by atoms with Gasteiger partial charge in [0.05, 0.1) is 29.8 Å². The first-order chi connectivity index (χ1) is 17.9. The molecule has 190 valence electrons. The van der Waals surface area contributed by atoms with E-state index in [1.54, 1.807) is 6.20 Å². The highest BCUT2D eigenvalue weighted by Crippen LogP contribution is 2.31. The van der Waals surface area contributed by atoms with Crippen LogP contribution in [0.25, 0.3) is 16.9 Å². The average Bonchev–Trinajstić information content (AvgIpc) is 3.60. The quantitative estimate of drug-likeness (QED) is 0.328. The Morgan fingerprint density at radius 1 is 1.14 bits per heavy atom. The van der Waals surface area contributed by atoms with Crippen molar-refractivity contribution in [2.45, 2.75) is 10.6 Å². The normalized spacial score (nSPS) is 14.6. The van der Waals surface area contributed by atoms with Crippen LogP contribution >= 0.6 is 11.6 Å². The first-order valence-corrected chi connectivity index (χ1v) is 13.5. The van der Waals surface area contributed by atoms with E-state index in [1.165, 1.54) is 29.1 Å². The van der Waals surface area contributed by atoms with E-state index in [0.717, 1.165) is 43.7 Å². The molecule has 1 aliphatic rings. The summed E-state index contributed by atoms with van der Waals surface area (Å²) in [5, 5.41) is 8.25. The van der Waals surface area contributed by atoms with Gasteiger partial charge < -0.3 is 9.32 Å². The Kier molecular flexibility index (Phi) is 7.02. The lowest BCUT2D eigenvalue weighted by atomic mass is 10.1. The van der Waals surface area contributed by atoms with Crippen LogP contribution in [0.1, 0.15) is 5.56 Å². The van der Waals surface area contributed by atoms with Crippen LogP contribution in [0, 0.1) is 18.2 Å². The third-order valence-corrected chi connectivity index (χ3v) is 8.33. The van der Waals surface area contributed by atoms with Gasteiger partial charge in [-0.2, -0.15) is 0 Å². The van der Waals surface area contributed by atoms with E-state index in [1.807, 2.05) is 24.3 Å². The van der Waals surface area contributed by atoms with Crippen molar-refractivity contribution in [3.05, 3.63) is 77.6 Å². The molecule has 0 amide bonds. The number of piperazine rings is 1. The molecule has 4 aromatic rings. The van der Waals surface area contributed by atoms with E-state index in [9.17, 15) is 12.8 Å². The lowest BCUT2D eigenvalue weighted by Crippen LogP contribution is -2.46. The molecule has 0 saturated carbocycles. The molecule has 0 atom stereocenters. The molecule has 8 nitrogen and oxygen atoms in total. The lowest BCUT2D eigenvalue weighted by Gasteiger charge is -2.35. The first-order valence-electron chi connectivity index (χ1n) is 11.5. The van der Waals surface area contributed by atoms with Crippen molar-refractivity contribution >= 4 is 27.1 Å². The standard InChI is InChI=1S/C26H23ClFN5O3S/c1-2-9-31-10-12-32(13-11-31)21-5-3-4-19(15-21)24-16-33(30-29-24)26-23(28)7-6-20(25(26)27)18-37(34,35)22-8-14-36-17-22/h1,3-8,14-17H,9-13,18H2. The van der Waals surface area contributed by atoms with Gasteiger partial charge in [-0.15, -0.1) is 11.5 Å². The van der Waals surface area contributed by atoms with Gasteiger partial charge in [0.25, 0.3) is 0 Å². The number of sulfone groups is 1. The molecule has 0 bridgehead atoms. The van der Waals surface area contributed by atoms with Crippen molar-refractivity contribution in [3.63, 3.8) is 0 Å². The number of terminal acetylenes is 1. The smallest absolute Gasteiger partial charge is 0.185 e. The predicted molar refractivity (Wildman–Crippen MR) is 139 cm³/mol. The molecule has 3 heterocycles. The summed E-state index contributed by atoms with van der Waals surface area (Å²) in [4.78, 5) is 4.54. The Labute approximate surface area is 219 Å². The van der Waals surface area contributed by atoms with E-state index in [2.05, 4.69) is 26.0 Å². The number of furan rings is 1. The molecular formula is C26H23ClFN5O3S. The zero-order valence-electron chi connectivity index (χ0n) is 19.7. The number of benzene rings is 2. The van der Waals surface area contributed by atoms with Gasteiger partial charge in [0.15, 0.2) is 9.84 Å². The van der Waals surface area contributed by atoms with Crippen molar-refractivity contribution in [1.29, 1.82) is 0 Å². The van der Waals surface area contributed by atoms with E-state index >= 15 is 0 Å². The van der Waals surface area contributed by atoms with Crippen LogP contribution < -0.4 is 4.90 Å². The highest BCUT2D eigenvalue weighted by molar-refractivity contribution is 7.90. The van der Waals surface area contributed by atoms with Crippen LogP contribution in [-0.4, -0.2) is 61.0 Å². The maximum atomic E-state index is 14.9. The fraction of sp³-hybridized carbons (Fsp3) is 0.231. The molecule has 5 rings (SSSR count). The largest absolute Gasteiger partial charge is 0.471 e. The van der Waals surface area contributed by atoms with Crippen molar-refractivity contribution in [2.24, 2.45) is 0 Å². The second-order valence-corrected chi connectivity index (χ2v) is 11.0. The summed E-state index contributed by atoms with van der Waals surface area (Å²) in [5.74, 6) is 1.62. The zero-order valence-corrected chi connectivity index (χ0v) is 21.3. The van der Waals surface area contributed by atoms with Crippen LogP contribution in [0.2, 0.25) is 5.02 Å². The molecular weight excluding hydrogens is 517 g/mol. The van der Waals surface area contributed by atoms with Gasteiger partial charge in [0, 0.05) is 37.4 Å². The Hall–Kier alpha value is -3.65. The molecule has 11 heteroatoms. The molecule has 0 unspecified atom stereocenters. The fourth-order valence-electron chi connectivity index (χ4n) is 4.28. The third-order valence-electron chi connectivity index (χ3n) is 6.26. The summed E-state index contributed by atoms with van der Waals surface area (Å²) in [7, 11) is -3.73. The van der Waals surface area contributed by atoms with E-state index in [0.29, 0.717) is 12.2 Å². The summed E-state index contributed by atoms with van der Waals surface area (Å²) < 4.78 is 46.4. The van der Waals surface area contributed by atoms with Crippen LogP contribution in [0.4, 0.5) is 10.1 Å². The number of halogens is 2. The summed E-state index contributed by atoms with van der Waals surface area (Å²) >= 11 is 6.49. The predicted octanol–water partition coefficient (Wildman–Crippen LogP) is 4.05. The van der Waals surface area contributed by atoms with Crippen molar-refractivity contribution in [3.8, 4) is 29.3 Å². The summed E-state index contributed by atoms with van der Waals surface area (Å²) in [6, 6.07) is 11.8. The van der Waals surface area contributed by atoms with Crippen LogP contribution in [0.3, 0.4) is 0 Å². The van der Waals surface area contributed by atoms with Gasteiger partial charge in [-0.25, -0.2) is 17.5 Å². The molecule has 1 fully saturated rings. The Bertz CT molecular complexity index is 1560. The number of anilines is 1. The van der Waals surface area contributed by atoms with Gasteiger partial charge in [0.1, 0.15) is 28.4 Å². The fourth-order valence-corrected chi connectivity index (χ4v) is 5.95. The van der Waals surface area contributed by atoms with Crippen molar-refractivity contribution in [2.75, 3.05) is 37.6 Å². The van der Waals surface area contributed by atoms with Gasteiger partial charge in [-0.1, -0.05) is 40.9 Å². The van der Waals surface area contributed by atoms with Crippen LogP contribution in [-0.2, 0) is 15.6 Å². The Morgan fingerprint density at radius 2 is 1.95 bits per heavy atom. The second kappa shape index (κ2) is 10.4. The number of nitrogens with zero attached hydrogens (tertiary/aromatic N) is 5. The first kappa shape index (κ1) is 25.0. The molecule has 0 aliphatic carbocycles. The second-order valence-electron chi connectivity index (χ2n) is 8.65. The van der Waals surface area contributed by atoms with Crippen LogP contribution in [0.5, 0.6) is 0 Å². The molecule has 0 spiro atoms. The SMILES string of the molecule is C#CCN1CCN(c2cccc(-c3cn(-c4c(F)ccc(CS(=O)(=O)c5ccoc5)c4Cl)nn3)c2)CC1. The number of aromatic nitrogens is 3. The topological polar surface area (TPSA) is 84.5 Å². The molecule has 2 aromatic carbocycles. The van der Waals surface area contributed by atoms with Gasteiger partial charge in [-0.3, -0.25) is 4.90 Å². The number of hydrogen-bond acceptors (Lipinski definition) is 7. The minimum Gasteiger partial charge on any atom is -0.471 e. The maximum absolute atomic E-state index is 14.9. The molecule has 37 heavy (non-hydrogen) atoms. The van der Waals surface area contributed by atoms with Crippen molar-refractivity contribution in [1.82, 2.24) is 19.9 Å². The molecule has 0 radical (unpaired) electrons. The Balaban J connectivity index is 1.40. The maximum Gasteiger partial charge on any atom is 0.185 e. The van der Waals surface area contributed by atoms with E-state index in [4.69, 9.17) is 22.4 Å². The lowest BCUT2D eigenvalue weighted by molar-refractivity contribution is 0.288. The summed E-state index contributed by atoms with van der Waals surface area (Å²) in [6.45, 7) is 4.12. The minimum atomic E-state index is -3.73. The summed E-state index contributed by atoms with van der Waals surface area (Å²) in [5.41, 5.74) is 2.55. The number of rotatable bonds is 7. The molecule has 1 saturated heterocycles. The molecule has 0 N–H and O–H groups in total. The van der Waals surface area contributed by atoms with Crippen molar-refractivity contribution < 1.29 is 17.2 Å². The average molecular weight is 540 g/mol. The van der Waals surface area contributed by atoms with Gasteiger partial charge >= 0.3 is 0 Å². The highest BCUT2D eigenvalue weighted by atomic mass is 35.5. The van der Waals surface area contributed by atoms with Gasteiger partial charge in [-0.05, 0) is 29.8 Å². The summed E-state index contributed by atoms with van der Waals surface area (Å²) in [6.07, 6.45) is 9.41.